The van der Waals surface area contributed by atoms with E-state index in [1.807, 2.05) is 0 Å². The van der Waals surface area contributed by atoms with Gasteiger partial charge in [-0.05, 0) is 0 Å². The van der Waals surface area contributed by atoms with Gasteiger partial charge in [0.2, 0.25) is 0 Å². The van der Waals surface area contributed by atoms with Crippen molar-refractivity contribution in [1.82, 2.24) is 4.57 Å². The van der Waals surface area contributed by atoms with E-state index >= 15 is 0 Å². The number of hydrogen-bond acceptors (Lipinski definition) is 2. The molecule has 228 valence electrons. The average Bonchev–Trinajstić information content (AvgIpc) is 3.72. The molecule has 0 saturated heterocycles. The van der Waals surface area contributed by atoms with Crippen molar-refractivity contribution in [3.63, 3.8) is 0 Å². The molecule has 0 N–H and O–H groups in total. The quantitative estimate of drug-likeness (QED) is 0.172. The van der Waals surface area contributed by atoms with Crippen LogP contribution in [-0.4, -0.2) is 25.8 Å². The minimum atomic E-state index is 0.163. The fraction of sp³-hybridized carbons (Fsp3) is 0. The molecule has 2 aromatic heterocycles. The zero-order valence-corrected chi connectivity index (χ0v) is 28.2. The Morgan fingerprint density at radius 3 is 1.69 bits per heavy atom. The van der Waals surface area contributed by atoms with E-state index in [9.17, 15) is 0 Å². The van der Waals surface area contributed by atoms with E-state index in [4.69, 9.17) is 0 Å². The molecule has 0 unspecified atom stereocenters. The summed E-state index contributed by atoms with van der Waals surface area (Å²) in [6, 6.07) is 62.6. The Morgan fingerprint density at radius 1 is 0.429 bits per heavy atom. The number of aromatic nitrogens is 1. The third-order valence-corrected chi connectivity index (χ3v) is 12.9. The van der Waals surface area contributed by atoms with E-state index in [-0.39, 0.29) is 21.2 Å². The molecule has 0 radical (unpaired) electrons. The first kappa shape index (κ1) is 27.2. The molecule has 0 amide bonds. The van der Waals surface area contributed by atoms with E-state index < -0.39 is 0 Å². The van der Waals surface area contributed by atoms with Crippen LogP contribution in [-0.2, 0) is 0 Å². The summed E-state index contributed by atoms with van der Waals surface area (Å²) in [5, 5.41) is 3.92. The van der Waals surface area contributed by atoms with Gasteiger partial charge in [-0.2, -0.15) is 0 Å². The summed E-state index contributed by atoms with van der Waals surface area (Å²) in [4.78, 5) is 5.05. The summed E-state index contributed by atoms with van der Waals surface area (Å²) >= 11 is 0.187. The topological polar surface area (TPSA) is 11.4 Å². The molecule has 0 aliphatic carbocycles. The van der Waals surface area contributed by atoms with Crippen LogP contribution in [0.1, 0.15) is 0 Å². The summed E-state index contributed by atoms with van der Waals surface area (Å²) < 4.78 is 5.44. The predicted octanol–water partition coefficient (Wildman–Crippen LogP) is 9.08. The summed E-state index contributed by atoms with van der Waals surface area (Å²) in [6.45, 7) is 0.163. The zero-order valence-electron chi connectivity index (χ0n) is 26.5. The van der Waals surface area contributed by atoms with Crippen LogP contribution in [0.5, 0.6) is 0 Å². The molecular formula is C44H28BN3Se. The van der Waals surface area contributed by atoms with Crippen molar-refractivity contribution in [3.8, 4) is 5.69 Å². The summed E-state index contributed by atoms with van der Waals surface area (Å²) in [5.41, 5.74) is 13.9. The number of fused-ring (bicyclic) bond motifs is 9. The van der Waals surface area contributed by atoms with Crippen LogP contribution < -0.4 is 25.1 Å². The van der Waals surface area contributed by atoms with Crippen LogP contribution in [0.2, 0.25) is 0 Å². The Kier molecular flexibility index (Phi) is 5.77. The van der Waals surface area contributed by atoms with Gasteiger partial charge in [0.1, 0.15) is 0 Å². The second kappa shape index (κ2) is 10.4. The van der Waals surface area contributed by atoms with Crippen molar-refractivity contribution in [3.05, 3.63) is 170 Å². The van der Waals surface area contributed by atoms with E-state index in [1.165, 1.54) is 86.5 Å². The average molecular weight is 689 g/mol. The van der Waals surface area contributed by atoms with Gasteiger partial charge in [0.05, 0.1) is 0 Å². The third kappa shape index (κ3) is 3.80. The molecule has 0 atom stereocenters. The van der Waals surface area contributed by atoms with Crippen molar-refractivity contribution in [1.29, 1.82) is 0 Å². The second-order valence-electron chi connectivity index (χ2n) is 12.9. The Bertz CT molecular complexity index is 2690. The van der Waals surface area contributed by atoms with E-state index in [0.717, 1.165) is 0 Å². The summed E-state index contributed by atoms with van der Waals surface area (Å²) in [5.74, 6) is 0. The summed E-state index contributed by atoms with van der Waals surface area (Å²) in [7, 11) is 0. The van der Waals surface area contributed by atoms with Gasteiger partial charge in [-0.15, -0.1) is 0 Å². The molecule has 7 aromatic carbocycles. The molecule has 9 aromatic rings. The first-order valence-corrected chi connectivity index (χ1v) is 18.5. The number of nitrogens with zero attached hydrogens (tertiary/aromatic N) is 3. The second-order valence-corrected chi connectivity index (χ2v) is 15.2. The van der Waals surface area contributed by atoms with Crippen molar-refractivity contribution >= 4 is 102 Å². The van der Waals surface area contributed by atoms with E-state index in [0.29, 0.717) is 0 Å². The molecule has 4 heterocycles. The Hall–Kier alpha value is -5.74. The Labute approximate surface area is 290 Å². The monoisotopic (exact) mass is 689 g/mol. The summed E-state index contributed by atoms with van der Waals surface area (Å²) in [6.07, 6.45) is 0. The number of anilines is 6. The van der Waals surface area contributed by atoms with Gasteiger partial charge in [-0.1, -0.05) is 0 Å². The molecule has 0 fully saturated rings. The molecular weight excluding hydrogens is 660 g/mol. The maximum atomic E-state index is 2.54. The number of para-hydroxylation sites is 4. The fourth-order valence-corrected chi connectivity index (χ4v) is 11.2. The van der Waals surface area contributed by atoms with Crippen LogP contribution in [0.25, 0.3) is 37.1 Å². The molecule has 5 heteroatoms. The molecule has 11 rings (SSSR count). The van der Waals surface area contributed by atoms with Gasteiger partial charge >= 0.3 is 292 Å². The SMILES string of the molecule is c1ccc(N2c3cc(-n4c5ccccc5c5ccccc54)ccc3B3c4[se]c5ccccc5c4N(c4ccccc4)c4cccc2c43)cc1. The minimum absolute atomic E-state index is 0.163. The van der Waals surface area contributed by atoms with Crippen LogP contribution in [0, 0.1) is 0 Å². The molecule has 2 aliphatic heterocycles. The normalized spacial score (nSPS) is 13.2. The van der Waals surface area contributed by atoms with Gasteiger partial charge in [0.25, 0.3) is 0 Å². The third-order valence-electron chi connectivity index (χ3n) is 10.3. The van der Waals surface area contributed by atoms with Crippen molar-refractivity contribution in [2.24, 2.45) is 0 Å². The number of hydrogen-bond donors (Lipinski definition) is 0. The molecule has 0 spiro atoms. The van der Waals surface area contributed by atoms with Gasteiger partial charge in [-0.3, -0.25) is 0 Å². The molecule has 0 bridgehead atoms. The van der Waals surface area contributed by atoms with E-state index in [2.05, 4.69) is 184 Å². The van der Waals surface area contributed by atoms with Crippen molar-refractivity contribution in [2.45, 2.75) is 0 Å². The molecule has 2 aliphatic rings. The van der Waals surface area contributed by atoms with Gasteiger partial charge in [0.15, 0.2) is 0 Å². The molecule has 3 nitrogen and oxygen atoms in total. The number of rotatable bonds is 3. The number of benzene rings is 7. The Balaban J connectivity index is 1.24. The van der Waals surface area contributed by atoms with Crippen LogP contribution in [0.15, 0.2) is 170 Å². The van der Waals surface area contributed by atoms with Crippen LogP contribution >= 0.6 is 0 Å². The molecule has 0 saturated carbocycles. The first-order valence-electron chi connectivity index (χ1n) is 16.8. The van der Waals surface area contributed by atoms with Crippen molar-refractivity contribution < 1.29 is 0 Å². The fourth-order valence-electron chi connectivity index (χ4n) is 8.39. The van der Waals surface area contributed by atoms with Crippen LogP contribution in [0.3, 0.4) is 0 Å². The van der Waals surface area contributed by atoms with Gasteiger partial charge in [-0.25, -0.2) is 0 Å². The zero-order chi connectivity index (χ0) is 32.1. The van der Waals surface area contributed by atoms with Crippen LogP contribution in [0.4, 0.5) is 34.1 Å². The maximum absolute atomic E-state index is 2.54. The molecule has 49 heavy (non-hydrogen) atoms. The van der Waals surface area contributed by atoms with Gasteiger partial charge < -0.3 is 0 Å². The van der Waals surface area contributed by atoms with E-state index in [1.54, 1.807) is 0 Å². The van der Waals surface area contributed by atoms with Gasteiger partial charge in [0, 0.05) is 0 Å². The first-order chi connectivity index (χ1) is 24.3. The predicted molar refractivity (Wildman–Crippen MR) is 209 cm³/mol. The Morgan fingerprint density at radius 2 is 1.00 bits per heavy atom. The van der Waals surface area contributed by atoms with Crippen molar-refractivity contribution in [2.75, 3.05) is 9.80 Å². The standard InChI is InChI=1S/C44H28BN3Se/c1-3-14-29(15-4-1)46-38-23-13-24-39-42(38)45(44-43(34-20-9-12-25-41(34)49-44)48(39)30-16-5-2-6-17-30)35-27-26-31(28-40(35)46)47-36-21-10-7-18-32(36)33-19-8-11-22-37(33)47/h1-28H.